The molecule has 7 heteroatoms. The Kier molecular flexibility index (Phi) is 13.3. The summed E-state index contributed by atoms with van der Waals surface area (Å²) in [5.41, 5.74) is 0. The zero-order valence-electron chi connectivity index (χ0n) is 15.1. The molecule has 1 unspecified atom stereocenters. The highest BCUT2D eigenvalue weighted by Gasteiger charge is 2.12. The molecule has 0 aliphatic rings. The van der Waals surface area contributed by atoms with Gasteiger partial charge in [0.25, 0.3) is 0 Å². The van der Waals surface area contributed by atoms with Crippen LogP contribution in [0.15, 0.2) is 0 Å². The van der Waals surface area contributed by atoms with Crippen LogP contribution in [0, 0.1) is 12.3 Å². The highest BCUT2D eigenvalue weighted by Crippen LogP contribution is 2.01. The monoisotopic (exact) mass is 358 g/mol. The van der Waals surface area contributed by atoms with Gasteiger partial charge in [0, 0.05) is 32.1 Å². The number of terminal acetylenes is 1. The maximum Gasteiger partial charge on any atom is 0.408 e. The van der Waals surface area contributed by atoms with Crippen LogP contribution >= 0.6 is 9.24 Å². The number of carbonyl (C=O) groups excluding carboxylic acids is 2. The SMILES string of the molecule is C#CCOC(=O)NCCCCCC(=O)NCCC[N+](C)(C)CCP. The van der Waals surface area contributed by atoms with Crippen molar-refractivity contribution in [2.24, 2.45) is 0 Å². The Balaban J connectivity index is 3.48. The average Bonchev–Trinajstić information content (AvgIpc) is 2.52. The number of nitrogens with one attached hydrogen (secondary N) is 2. The Bertz CT molecular complexity index is 408. The van der Waals surface area contributed by atoms with Crippen LogP contribution in [0.5, 0.6) is 0 Å². The van der Waals surface area contributed by atoms with Crippen molar-refractivity contribution < 1.29 is 18.8 Å². The first-order valence-corrected chi connectivity index (χ1v) is 9.36. The summed E-state index contributed by atoms with van der Waals surface area (Å²) in [5, 5.41) is 5.58. The number of hydrogen-bond acceptors (Lipinski definition) is 3. The average molecular weight is 358 g/mol. The first-order chi connectivity index (χ1) is 11.4. The molecule has 138 valence electrons. The molecule has 0 spiro atoms. The lowest BCUT2D eigenvalue weighted by Gasteiger charge is -2.29. The van der Waals surface area contributed by atoms with E-state index in [1.807, 2.05) is 0 Å². The minimum absolute atomic E-state index is 0.0144. The lowest BCUT2D eigenvalue weighted by atomic mass is 10.2. The van der Waals surface area contributed by atoms with Gasteiger partial charge >= 0.3 is 6.09 Å². The third-order valence-electron chi connectivity index (χ3n) is 3.63. The van der Waals surface area contributed by atoms with Gasteiger partial charge in [0.15, 0.2) is 6.61 Å². The Labute approximate surface area is 148 Å². The Morgan fingerprint density at radius 1 is 1.08 bits per heavy atom. The van der Waals surface area contributed by atoms with E-state index in [9.17, 15) is 9.59 Å². The van der Waals surface area contributed by atoms with Crippen molar-refractivity contribution in [2.75, 3.05) is 53.0 Å². The summed E-state index contributed by atoms with van der Waals surface area (Å²) in [6.07, 6.45) is 9.64. The van der Waals surface area contributed by atoms with Crippen molar-refractivity contribution in [3.8, 4) is 12.3 Å². The topological polar surface area (TPSA) is 67.4 Å². The van der Waals surface area contributed by atoms with Crippen LogP contribution in [-0.4, -0.2) is 69.5 Å². The van der Waals surface area contributed by atoms with Gasteiger partial charge in [-0.15, -0.1) is 15.7 Å². The normalized spacial score (nSPS) is 10.8. The summed E-state index contributed by atoms with van der Waals surface area (Å²) < 4.78 is 5.66. The first-order valence-electron chi connectivity index (χ1n) is 8.54. The Morgan fingerprint density at radius 2 is 1.79 bits per heavy atom. The van der Waals surface area contributed by atoms with Gasteiger partial charge in [-0.1, -0.05) is 12.3 Å². The van der Waals surface area contributed by atoms with Gasteiger partial charge in [-0.3, -0.25) is 4.79 Å². The number of hydrogen-bond donors (Lipinski definition) is 2. The quantitative estimate of drug-likeness (QED) is 0.226. The van der Waals surface area contributed by atoms with Gasteiger partial charge in [-0.25, -0.2) is 4.79 Å². The maximum absolute atomic E-state index is 11.7. The molecule has 2 N–H and O–H groups in total. The van der Waals surface area contributed by atoms with Crippen LogP contribution in [0.2, 0.25) is 0 Å². The second-order valence-corrected chi connectivity index (χ2v) is 6.97. The largest absolute Gasteiger partial charge is 0.436 e. The minimum Gasteiger partial charge on any atom is -0.436 e. The number of amides is 2. The predicted molar refractivity (Wildman–Crippen MR) is 101 cm³/mol. The lowest BCUT2D eigenvalue weighted by molar-refractivity contribution is -0.887. The second kappa shape index (κ2) is 14.1. The Morgan fingerprint density at radius 3 is 2.46 bits per heavy atom. The summed E-state index contributed by atoms with van der Waals surface area (Å²) >= 11 is 0. The molecule has 2 amide bonds. The number of nitrogens with zero attached hydrogens (tertiary/aromatic N) is 1. The lowest BCUT2D eigenvalue weighted by Crippen LogP contribution is -2.43. The fourth-order valence-electron chi connectivity index (χ4n) is 2.22. The van der Waals surface area contributed by atoms with Crippen molar-refractivity contribution in [2.45, 2.75) is 32.1 Å². The molecule has 1 atom stereocenters. The molecule has 0 rings (SSSR count). The Hall–Kier alpha value is -1.31. The number of unbranched alkanes of at least 4 members (excludes halogenated alkanes) is 2. The zero-order chi connectivity index (χ0) is 18.3. The van der Waals surface area contributed by atoms with Crippen LogP contribution in [-0.2, 0) is 9.53 Å². The summed E-state index contributed by atoms with van der Waals surface area (Å²) in [5.74, 6) is 2.33. The summed E-state index contributed by atoms with van der Waals surface area (Å²) in [7, 11) is 7.18. The maximum atomic E-state index is 11.7. The molecule has 0 aliphatic carbocycles. The number of carbonyl (C=O) groups is 2. The van der Waals surface area contributed by atoms with Crippen LogP contribution in [0.3, 0.4) is 0 Å². The third-order valence-corrected chi connectivity index (χ3v) is 3.89. The number of alkyl carbamates (subject to hydrolysis) is 1. The van der Waals surface area contributed by atoms with Gasteiger partial charge in [-0.2, -0.15) is 0 Å². The van der Waals surface area contributed by atoms with Crippen LogP contribution in [0.4, 0.5) is 4.79 Å². The van der Waals surface area contributed by atoms with Crippen molar-refractivity contribution in [1.82, 2.24) is 10.6 Å². The summed E-state index contributed by atoms with van der Waals surface area (Å²) in [4.78, 5) is 22.8. The van der Waals surface area contributed by atoms with Gasteiger partial charge in [-0.05, 0) is 12.8 Å². The molecule has 6 nitrogen and oxygen atoms in total. The number of rotatable bonds is 13. The van der Waals surface area contributed by atoms with E-state index < -0.39 is 6.09 Å². The van der Waals surface area contributed by atoms with E-state index in [1.165, 1.54) is 0 Å². The van der Waals surface area contributed by atoms with E-state index in [2.05, 4.69) is 44.6 Å². The number of quaternary nitrogens is 1. The van der Waals surface area contributed by atoms with E-state index in [0.717, 1.165) is 56.0 Å². The molecule has 0 saturated heterocycles. The highest BCUT2D eigenvalue weighted by molar-refractivity contribution is 7.16. The third kappa shape index (κ3) is 14.3. The van der Waals surface area contributed by atoms with Gasteiger partial charge in [0.2, 0.25) is 5.91 Å². The molecule has 0 aromatic rings. The fourth-order valence-corrected chi connectivity index (χ4v) is 2.92. The smallest absolute Gasteiger partial charge is 0.408 e. The summed E-state index contributed by atoms with van der Waals surface area (Å²) in [6, 6.07) is 0. The molecule has 0 aliphatic heterocycles. The highest BCUT2D eigenvalue weighted by atomic mass is 31.0. The van der Waals surface area contributed by atoms with Crippen molar-refractivity contribution in [1.29, 1.82) is 0 Å². The van der Waals surface area contributed by atoms with E-state index >= 15 is 0 Å². The number of ether oxygens (including phenoxy) is 1. The van der Waals surface area contributed by atoms with Gasteiger partial charge in [0.1, 0.15) is 0 Å². The molecular formula is C17H33N3O3P+. The zero-order valence-corrected chi connectivity index (χ0v) is 16.3. The summed E-state index contributed by atoms with van der Waals surface area (Å²) in [6.45, 7) is 3.45. The van der Waals surface area contributed by atoms with Crippen LogP contribution in [0.1, 0.15) is 32.1 Å². The van der Waals surface area contributed by atoms with Gasteiger partial charge < -0.3 is 19.9 Å². The molecule has 24 heavy (non-hydrogen) atoms. The second-order valence-electron chi connectivity index (χ2n) is 6.39. The van der Waals surface area contributed by atoms with E-state index in [0.29, 0.717) is 13.0 Å². The minimum atomic E-state index is -0.492. The molecular weight excluding hydrogens is 325 g/mol. The fraction of sp³-hybridized carbons (Fsp3) is 0.765. The standard InChI is InChI=1S/C17H32N3O3P/c1-4-14-23-17(22)19-10-7-5-6-9-16(21)18-11-8-12-20(2,3)13-15-24/h1H,5-15,24H2,2-3H3,(H-,18,19,21,22)/p+1. The molecule has 0 aromatic heterocycles. The first kappa shape index (κ1) is 22.7. The molecule has 0 saturated carbocycles. The molecule has 0 fully saturated rings. The van der Waals surface area contributed by atoms with Crippen LogP contribution < -0.4 is 10.6 Å². The van der Waals surface area contributed by atoms with E-state index in [4.69, 9.17) is 6.42 Å². The van der Waals surface area contributed by atoms with Gasteiger partial charge in [0.05, 0.1) is 27.2 Å². The molecule has 0 bridgehead atoms. The van der Waals surface area contributed by atoms with Crippen molar-refractivity contribution >= 4 is 21.2 Å². The van der Waals surface area contributed by atoms with Crippen molar-refractivity contribution in [3.63, 3.8) is 0 Å². The molecule has 0 heterocycles. The predicted octanol–water partition coefficient (Wildman–Crippen LogP) is 1.36. The van der Waals surface area contributed by atoms with E-state index in [-0.39, 0.29) is 12.5 Å². The van der Waals surface area contributed by atoms with E-state index in [1.54, 1.807) is 0 Å². The van der Waals surface area contributed by atoms with Crippen LogP contribution in [0.25, 0.3) is 0 Å². The van der Waals surface area contributed by atoms with Crippen molar-refractivity contribution in [3.05, 3.63) is 0 Å². The molecule has 0 aromatic carbocycles. The molecule has 0 radical (unpaired) electrons.